The fraction of sp³-hybridized carbons (Fsp3) is 0.235. The minimum Gasteiger partial charge on any atom is -0.491 e. The average Bonchev–Trinajstić information content (AvgIpc) is 2.57. The number of carbonyl (C=O) groups excluding carboxylic acids is 1. The number of amides is 1. The van der Waals surface area contributed by atoms with Crippen molar-refractivity contribution in [2.24, 2.45) is 5.90 Å². The summed E-state index contributed by atoms with van der Waals surface area (Å²) in [6, 6.07) is 16.7. The van der Waals surface area contributed by atoms with Gasteiger partial charge in [0.25, 0.3) is 5.91 Å². The Morgan fingerprint density at radius 2 is 1.73 bits per heavy atom. The zero-order valence-electron chi connectivity index (χ0n) is 12.6. The highest BCUT2D eigenvalue weighted by molar-refractivity contribution is 6.06. The van der Waals surface area contributed by atoms with Crippen molar-refractivity contribution in [3.05, 3.63) is 60.2 Å². The number of hydrogen-bond donors (Lipinski definition) is 1. The van der Waals surface area contributed by atoms with Crippen LogP contribution in [0.5, 0.6) is 5.75 Å². The van der Waals surface area contributed by atoms with Gasteiger partial charge in [-0.3, -0.25) is 4.79 Å². The Morgan fingerprint density at radius 3 is 2.32 bits per heavy atom. The number of carbonyl (C=O) groups is 1. The largest absolute Gasteiger partial charge is 0.491 e. The van der Waals surface area contributed by atoms with Gasteiger partial charge in [-0.2, -0.15) is 0 Å². The lowest BCUT2D eigenvalue weighted by Gasteiger charge is -2.21. The van der Waals surface area contributed by atoms with E-state index >= 15 is 0 Å². The van der Waals surface area contributed by atoms with Crippen LogP contribution in [-0.4, -0.2) is 25.7 Å². The molecule has 2 rings (SSSR count). The molecule has 0 fully saturated rings. The van der Waals surface area contributed by atoms with Crippen LogP contribution in [0.25, 0.3) is 0 Å². The molecule has 0 unspecified atom stereocenters. The number of benzene rings is 2. The number of para-hydroxylation sites is 1. The van der Waals surface area contributed by atoms with Crippen molar-refractivity contribution in [1.29, 1.82) is 0 Å². The summed E-state index contributed by atoms with van der Waals surface area (Å²) >= 11 is 0. The van der Waals surface area contributed by atoms with Crippen LogP contribution in [0.1, 0.15) is 17.3 Å². The summed E-state index contributed by atoms with van der Waals surface area (Å²) in [7, 11) is 0. The van der Waals surface area contributed by atoms with Crippen LogP contribution in [-0.2, 0) is 4.84 Å². The molecule has 0 heterocycles. The van der Waals surface area contributed by atoms with Crippen molar-refractivity contribution >= 4 is 11.6 Å². The van der Waals surface area contributed by atoms with Crippen molar-refractivity contribution in [1.82, 2.24) is 0 Å². The van der Waals surface area contributed by atoms with Gasteiger partial charge in [0.05, 0.1) is 0 Å². The van der Waals surface area contributed by atoms with Gasteiger partial charge in [0, 0.05) is 17.8 Å². The molecule has 2 aromatic rings. The summed E-state index contributed by atoms with van der Waals surface area (Å²) in [5.74, 6) is 5.57. The minimum absolute atomic E-state index is 0.0365. The van der Waals surface area contributed by atoms with E-state index in [1.165, 1.54) is 0 Å². The Kier molecular flexibility index (Phi) is 5.94. The van der Waals surface area contributed by atoms with Gasteiger partial charge in [0.2, 0.25) is 0 Å². The lowest BCUT2D eigenvalue weighted by molar-refractivity contribution is 0.0987. The second-order valence-electron chi connectivity index (χ2n) is 4.63. The monoisotopic (exact) mass is 300 g/mol. The fourth-order valence-corrected chi connectivity index (χ4v) is 2.11. The Hall–Kier alpha value is -2.37. The molecule has 0 spiro atoms. The number of rotatable bonds is 7. The third-order valence-electron chi connectivity index (χ3n) is 3.20. The van der Waals surface area contributed by atoms with E-state index in [1.807, 2.05) is 37.3 Å². The predicted octanol–water partition coefficient (Wildman–Crippen LogP) is 2.62. The first-order valence-corrected chi connectivity index (χ1v) is 7.17. The first-order chi connectivity index (χ1) is 10.8. The molecule has 22 heavy (non-hydrogen) atoms. The molecule has 0 radical (unpaired) electrons. The molecule has 0 atom stereocenters. The molecule has 5 heteroatoms. The van der Waals surface area contributed by atoms with Crippen LogP contribution in [0.2, 0.25) is 0 Å². The zero-order chi connectivity index (χ0) is 15.8. The maximum Gasteiger partial charge on any atom is 0.258 e. The van der Waals surface area contributed by atoms with Crippen molar-refractivity contribution in [3.8, 4) is 5.75 Å². The topological polar surface area (TPSA) is 64.8 Å². The zero-order valence-corrected chi connectivity index (χ0v) is 12.6. The maximum atomic E-state index is 12.6. The lowest BCUT2D eigenvalue weighted by atomic mass is 10.1. The highest BCUT2D eigenvalue weighted by Gasteiger charge is 2.15. The molecule has 0 saturated carbocycles. The predicted molar refractivity (Wildman–Crippen MR) is 85.9 cm³/mol. The van der Waals surface area contributed by atoms with E-state index in [1.54, 1.807) is 29.2 Å². The summed E-state index contributed by atoms with van der Waals surface area (Å²) in [6.45, 7) is 3.25. The van der Waals surface area contributed by atoms with Crippen molar-refractivity contribution in [2.45, 2.75) is 6.92 Å². The molecule has 0 aliphatic rings. The molecule has 1 amide bonds. The van der Waals surface area contributed by atoms with Gasteiger partial charge < -0.3 is 14.5 Å². The van der Waals surface area contributed by atoms with Crippen LogP contribution < -0.4 is 15.5 Å². The first-order valence-electron chi connectivity index (χ1n) is 7.17. The number of nitrogens with zero attached hydrogens (tertiary/aromatic N) is 1. The maximum absolute atomic E-state index is 12.6. The van der Waals surface area contributed by atoms with E-state index in [-0.39, 0.29) is 5.91 Å². The Bertz CT molecular complexity index is 585. The number of hydrogen-bond acceptors (Lipinski definition) is 4. The summed E-state index contributed by atoms with van der Waals surface area (Å²) in [5.41, 5.74) is 1.50. The second kappa shape index (κ2) is 8.17. The highest BCUT2D eigenvalue weighted by Crippen LogP contribution is 2.18. The molecule has 0 bridgehead atoms. The third kappa shape index (κ3) is 4.07. The van der Waals surface area contributed by atoms with Crippen LogP contribution in [0.3, 0.4) is 0 Å². The van der Waals surface area contributed by atoms with Gasteiger partial charge in [0.15, 0.2) is 0 Å². The quantitative estimate of drug-likeness (QED) is 0.630. The number of nitrogens with two attached hydrogens (primary N) is 1. The van der Waals surface area contributed by atoms with Gasteiger partial charge in [-0.1, -0.05) is 18.2 Å². The molecular formula is C17H20N2O3. The summed E-state index contributed by atoms with van der Waals surface area (Å²) in [6.07, 6.45) is 0. The Balaban J connectivity index is 2.08. The van der Waals surface area contributed by atoms with Crippen LogP contribution >= 0.6 is 0 Å². The molecule has 0 saturated heterocycles. The highest BCUT2D eigenvalue weighted by atomic mass is 16.6. The third-order valence-corrected chi connectivity index (χ3v) is 3.20. The van der Waals surface area contributed by atoms with Gasteiger partial charge in [0.1, 0.15) is 19.0 Å². The summed E-state index contributed by atoms with van der Waals surface area (Å²) < 4.78 is 5.42. The Labute approximate surface area is 130 Å². The van der Waals surface area contributed by atoms with E-state index in [2.05, 4.69) is 4.84 Å². The molecule has 5 nitrogen and oxygen atoms in total. The standard InChI is InChI=1S/C17H20N2O3/c1-2-19(15-6-4-3-5-7-15)17(20)14-8-10-16(11-9-14)21-12-13-22-18/h3-11H,2,12-13,18H2,1H3. The van der Waals surface area contributed by atoms with Crippen LogP contribution in [0, 0.1) is 0 Å². The molecule has 116 valence electrons. The van der Waals surface area contributed by atoms with Crippen LogP contribution in [0.15, 0.2) is 54.6 Å². The fourth-order valence-electron chi connectivity index (χ4n) is 2.11. The SMILES string of the molecule is CCN(C(=O)c1ccc(OCCON)cc1)c1ccccc1. The second-order valence-corrected chi connectivity index (χ2v) is 4.63. The lowest BCUT2D eigenvalue weighted by Crippen LogP contribution is -2.30. The van der Waals surface area contributed by atoms with E-state index < -0.39 is 0 Å². The van der Waals surface area contributed by atoms with Crippen LogP contribution in [0.4, 0.5) is 5.69 Å². The van der Waals surface area contributed by atoms with E-state index in [0.717, 1.165) is 5.69 Å². The molecule has 0 aliphatic carbocycles. The average molecular weight is 300 g/mol. The summed E-state index contributed by atoms with van der Waals surface area (Å²) in [5, 5.41) is 0. The van der Waals surface area contributed by atoms with Gasteiger partial charge >= 0.3 is 0 Å². The molecule has 2 N–H and O–H groups in total. The van der Waals surface area contributed by atoms with Crippen molar-refractivity contribution in [3.63, 3.8) is 0 Å². The molecule has 0 aromatic heterocycles. The first kappa shape index (κ1) is 16.0. The molecular weight excluding hydrogens is 280 g/mol. The molecule has 0 aliphatic heterocycles. The van der Waals surface area contributed by atoms with Gasteiger partial charge in [-0.25, -0.2) is 5.90 Å². The van der Waals surface area contributed by atoms with E-state index in [4.69, 9.17) is 10.6 Å². The Morgan fingerprint density at radius 1 is 1.05 bits per heavy atom. The minimum atomic E-state index is -0.0365. The number of ether oxygens (including phenoxy) is 1. The normalized spacial score (nSPS) is 10.3. The van der Waals surface area contributed by atoms with E-state index in [0.29, 0.717) is 31.1 Å². The van der Waals surface area contributed by atoms with Gasteiger partial charge in [-0.15, -0.1) is 0 Å². The molecule has 2 aromatic carbocycles. The summed E-state index contributed by atoms with van der Waals surface area (Å²) in [4.78, 5) is 18.8. The van der Waals surface area contributed by atoms with Crippen molar-refractivity contribution in [2.75, 3.05) is 24.7 Å². The van der Waals surface area contributed by atoms with E-state index in [9.17, 15) is 4.79 Å². The number of anilines is 1. The van der Waals surface area contributed by atoms with Crippen molar-refractivity contribution < 1.29 is 14.4 Å². The smallest absolute Gasteiger partial charge is 0.258 e. The van der Waals surface area contributed by atoms with Gasteiger partial charge in [-0.05, 0) is 43.3 Å².